The highest BCUT2D eigenvalue weighted by atomic mass is 32.2. The molecule has 0 aromatic carbocycles. The summed E-state index contributed by atoms with van der Waals surface area (Å²) in [5, 5.41) is 9.34. The van der Waals surface area contributed by atoms with Gasteiger partial charge in [-0.3, -0.25) is 18.7 Å². The fourth-order valence-corrected chi connectivity index (χ4v) is 4.99. The smallest absolute Gasteiger partial charge is 0.332 e. The summed E-state index contributed by atoms with van der Waals surface area (Å²) in [6.45, 7) is 8.58. The number of hydrogen-bond donors (Lipinski definition) is 1. The molecule has 2 N–H and O–H groups in total. The van der Waals surface area contributed by atoms with Crippen LogP contribution in [0.4, 0.5) is 5.82 Å². The molecule has 3 rings (SSSR count). The molecule has 2 aromatic rings. The largest absolute Gasteiger partial charge is 0.384 e. The Morgan fingerprint density at radius 1 is 1.22 bits per heavy atom. The van der Waals surface area contributed by atoms with Crippen LogP contribution in [-0.2, 0) is 20.1 Å². The molecule has 2 heterocycles. The van der Waals surface area contributed by atoms with Gasteiger partial charge in [-0.15, -0.1) is 16.8 Å². The highest BCUT2D eigenvalue weighted by molar-refractivity contribution is 7.99. The van der Waals surface area contributed by atoms with E-state index in [9.17, 15) is 14.4 Å². The van der Waals surface area contributed by atoms with Gasteiger partial charge < -0.3 is 10.3 Å². The molecule has 0 unspecified atom stereocenters. The summed E-state index contributed by atoms with van der Waals surface area (Å²) in [7, 11) is 1.36. The van der Waals surface area contributed by atoms with Gasteiger partial charge in [0.05, 0.1) is 5.75 Å². The van der Waals surface area contributed by atoms with E-state index in [0.717, 1.165) is 23.2 Å². The maximum atomic E-state index is 13.0. The molecule has 0 saturated heterocycles. The molecule has 10 heteroatoms. The van der Waals surface area contributed by atoms with E-state index in [1.807, 2.05) is 18.4 Å². The fraction of sp³-hybridized carbons (Fsp3) is 0.591. The van der Waals surface area contributed by atoms with Crippen LogP contribution in [0.5, 0.6) is 0 Å². The Morgan fingerprint density at radius 3 is 2.53 bits per heavy atom. The van der Waals surface area contributed by atoms with Crippen LogP contribution in [0.2, 0.25) is 0 Å². The van der Waals surface area contributed by atoms with Crippen LogP contribution < -0.4 is 17.0 Å². The molecule has 1 aliphatic carbocycles. The van der Waals surface area contributed by atoms with Gasteiger partial charge in [0.15, 0.2) is 10.9 Å². The first-order chi connectivity index (χ1) is 15.3. The van der Waals surface area contributed by atoms with Crippen LogP contribution in [-0.4, -0.2) is 35.4 Å². The molecular weight excluding hydrogens is 428 g/mol. The number of rotatable bonds is 9. The van der Waals surface area contributed by atoms with Gasteiger partial charge in [-0.05, 0) is 18.8 Å². The second-order valence-corrected chi connectivity index (χ2v) is 9.64. The number of allylic oxidation sites excluding steroid dienone is 1. The molecule has 1 saturated carbocycles. The minimum absolute atomic E-state index is 0.0285. The standard InChI is InChI=1S/C22H32N6O3S/c1-5-11-27-19(15-9-7-6-8-10-15)24-25-21(27)32-13-16(29)17-18(23)28(12-14(2)3)22(31)26(4)20(17)30/h5,14-15H,1,6-13,23H2,2-4H3. The summed E-state index contributed by atoms with van der Waals surface area (Å²) in [5.41, 5.74) is 4.78. The van der Waals surface area contributed by atoms with Crippen molar-refractivity contribution in [2.45, 2.75) is 70.1 Å². The molecule has 0 amide bonds. The Kier molecular flexibility index (Phi) is 7.76. The average Bonchev–Trinajstić information content (AvgIpc) is 3.17. The lowest BCUT2D eigenvalue weighted by atomic mass is 9.89. The van der Waals surface area contributed by atoms with Gasteiger partial charge in [0.2, 0.25) is 0 Å². The first-order valence-corrected chi connectivity index (χ1v) is 12.0. The fourth-order valence-electron chi connectivity index (χ4n) is 4.16. The minimum atomic E-state index is -0.673. The zero-order valence-electron chi connectivity index (χ0n) is 19.0. The molecule has 0 spiro atoms. The van der Waals surface area contributed by atoms with Crippen molar-refractivity contribution in [2.75, 3.05) is 11.5 Å². The molecule has 9 nitrogen and oxygen atoms in total. The van der Waals surface area contributed by atoms with Gasteiger partial charge >= 0.3 is 5.69 Å². The zero-order valence-corrected chi connectivity index (χ0v) is 19.9. The van der Waals surface area contributed by atoms with Gasteiger partial charge in [0.25, 0.3) is 5.56 Å². The SMILES string of the molecule is C=CCn1c(SCC(=O)c2c(N)n(CC(C)C)c(=O)n(C)c2=O)nnc1C1CCCCC1. The van der Waals surface area contributed by atoms with E-state index in [1.54, 1.807) is 6.08 Å². The number of nitrogens with two attached hydrogens (primary N) is 1. The predicted molar refractivity (Wildman–Crippen MR) is 126 cm³/mol. The zero-order chi connectivity index (χ0) is 23.4. The number of aromatic nitrogens is 5. The van der Waals surface area contributed by atoms with Gasteiger partial charge in [0, 0.05) is 26.1 Å². The average molecular weight is 461 g/mol. The number of nitrogens with zero attached hydrogens (tertiary/aromatic N) is 5. The first-order valence-electron chi connectivity index (χ1n) is 11.1. The molecule has 2 aromatic heterocycles. The van der Waals surface area contributed by atoms with E-state index in [0.29, 0.717) is 24.2 Å². The van der Waals surface area contributed by atoms with E-state index < -0.39 is 17.0 Å². The Balaban J connectivity index is 1.87. The summed E-state index contributed by atoms with van der Waals surface area (Å²) < 4.78 is 4.24. The van der Waals surface area contributed by atoms with E-state index >= 15 is 0 Å². The van der Waals surface area contributed by atoms with E-state index in [4.69, 9.17) is 5.73 Å². The van der Waals surface area contributed by atoms with Gasteiger partial charge in [-0.2, -0.15) is 0 Å². The molecular formula is C22H32N6O3S. The number of ketones is 1. The molecule has 32 heavy (non-hydrogen) atoms. The van der Waals surface area contributed by atoms with Crippen molar-refractivity contribution in [3.05, 3.63) is 44.9 Å². The van der Waals surface area contributed by atoms with Crippen molar-refractivity contribution in [3.8, 4) is 0 Å². The van der Waals surface area contributed by atoms with Crippen LogP contribution in [0.3, 0.4) is 0 Å². The van der Waals surface area contributed by atoms with Crippen LogP contribution >= 0.6 is 11.8 Å². The number of thioether (sulfide) groups is 1. The summed E-state index contributed by atoms with van der Waals surface area (Å²) in [5.74, 6) is 0.884. The number of anilines is 1. The van der Waals surface area contributed by atoms with Gasteiger partial charge in [-0.25, -0.2) is 4.79 Å². The molecule has 0 bridgehead atoms. The van der Waals surface area contributed by atoms with Crippen molar-refractivity contribution in [2.24, 2.45) is 13.0 Å². The second kappa shape index (κ2) is 10.3. The molecule has 174 valence electrons. The highest BCUT2D eigenvalue weighted by Gasteiger charge is 2.25. The second-order valence-electron chi connectivity index (χ2n) is 8.70. The third-order valence-electron chi connectivity index (χ3n) is 5.77. The molecule has 1 fully saturated rings. The van der Waals surface area contributed by atoms with Crippen LogP contribution in [0.15, 0.2) is 27.4 Å². The molecule has 0 atom stereocenters. The highest BCUT2D eigenvalue weighted by Crippen LogP contribution is 2.33. The Morgan fingerprint density at radius 2 is 1.91 bits per heavy atom. The topological polar surface area (TPSA) is 118 Å². The lowest BCUT2D eigenvalue weighted by Gasteiger charge is -2.21. The summed E-state index contributed by atoms with van der Waals surface area (Å²) in [6, 6.07) is 0. The minimum Gasteiger partial charge on any atom is -0.384 e. The Labute approximate surface area is 191 Å². The first kappa shape index (κ1) is 24.0. The number of carbonyl (C=O) groups excluding carboxylic acids is 1. The summed E-state index contributed by atoms with van der Waals surface area (Å²) in [4.78, 5) is 38.2. The molecule has 0 radical (unpaired) electrons. The van der Waals surface area contributed by atoms with Crippen molar-refractivity contribution >= 4 is 23.4 Å². The van der Waals surface area contributed by atoms with E-state index in [-0.39, 0.29) is 23.1 Å². The third kappa shape index (κ3) is 4.90. The van der Waals surface area contributed by atoms with Crippen molar-refractivity contribution in [3.63, 3.8) is 0 Å². The number of hydrogen-bond acceptors (Lipinski definition) is 7. The monoisotopic (exact) mass is 460 g/mol. The molecule has 0 aliphatic heterocycles. The number of Topliss-reactive ketones (excluding diaryl/α,β-unsaturated/α-hetero) is 1. The maximum absolute atomic E-state index is 13.0. The van der Waals surface area contributed by atoms with Gasteiger partial charge in [-0.1, -0.05) is 50.9 Å². The normalized spacial score (nSPS) is 14.8. The quantitative estimate of drug-likeness (QED) is 0.347. The number of carbonyl (C=O) groups is 1. The lowest BCUT2D eigenvalue weighted by molar-refractivity contribution is 0.102. The lowest BCUT2D eigenvalue weighted by Crippen LogP contribution is -2.43. The van der Waals surface area contributed by atoms with E-state index in [2.05, 4.69) is 16.8 Å². The van der Waals surface area contributed by atoms with Crippen LogP contribution in [0.25, 0.3) is 0 Å². The van der Waals surface area contributed by atoms with Crippen molar-refractivity contribution in [1.29, 1.82) is 0 Å². The summed E-state index contributed by atoms with van der Waals surface area (Å²) >= 11 is 1.22. The predicted octanol–water partition coefficient (Wildman–Crippen LogP) is 2.59. The molecule has 1 aliphatic rings. The summed E-state index contributed by atoms with van der Waals surface area (Å²) in [6.07, 6.45) is 7.57. The Bertz CT molecular complexity index is 1110. The third-order valence-corrected chi connectivity index (χ3v) is 6.74. The number of nitrogen functional groups attached to an aromatic ring is 1. The van der Waals surface area contributed by atoms with Crippen LogP contribution in [0, 0.1) is 5.92 Å². The van der Waals surface area contributed by atoms with Crippen molar-refractivity contribution < 1.29 is 4.79 Å². The van der Waals surface area contributed by atoms with E-state index in [1.165, 1.54) is 42.6 Å². The van der Waals surface area contributed by atoms with Crippen molar-refractivity contribution in [1.82, 2.24) is 23.9 Å². The maximum Gasteiger partial charge on any atom is 0.332 e. The van der Waals surface area contributed by atoms with Gasteiger partial charge in [0.1, 0.15) is 17.2 Å². The Hall–Kier alpha value is -2.62. The van der Waals surface area contributed by atoms with Crippen LogP contribution in [0.1, 0.15) is 68.1 Å².